The minimum Gasteiger partial charge on any atom is -0.354 e. The monoisotopic (exact) mass is 369 g/mol. The van der Waals surface area contributed by atoms with Crippen LogP contribution in [0.25, 0.3) is 0 Å². The summed E-state index contributed by atoms with van der Waals surface area (Å²) < 4.78 is 28.7. The first-order valence-electron chi connectivity index (χ1n) is 9.04. The highest BCUT2D eigenvalue weighted by atomic mass is 32.2. The molecule has 2 unspecified atom stereocenters. The fourth-order valence-corrected chi connectivity index (χ4v) is 5.00. The summed E-state index contributed by atoms with van der Waals surface area (Å²) in [6.07, 6.45) is 6.63. The van der Waals surface area contributed by atoms with E-state index < -0.39 is 10.0 Å². The Morgan fingerprint density at radius 2 is 2.24 bits per heavy atom. The highest BCUT2D eigenvalue weighted by molar-refractivity contribution is 7.89. The first kappa shape index (κ1) is 18.3. The third-order valence-electron chi connectivity index (χ3n) is 4.99. The quantitative estimate of drug-likeness (QED) is 0.745. The maximum Gasteiger partial charge on any atom is 0.246 e. The minimum absolute atomic E-state index is 0.0294. The standard InChI is InChI=1S/C16H27N5O3S/c1-2-20-12-14(10-19-20)25(23,24)21-8-4-5-13(11-21)9-18-16(22)15-6-3-7-17-15/h10,12-13,15,17H,2-9,11H2,1H3,(H,18,22). The van der Waals surface area contributed by atoms with Crippen LogP contribution in [0.4, 0.5) is 0 Å². The molecular weight excluding hydrogens is 342 g/mol. The Morgan fingerprint density at radius 3 is 2.92 bits per heavy atom. The average Bonchev–Trinajstić information content (AvgIpc) is 3.31. The molecule has 3 rings (SSSR count). The Labute approximate surface area is 149 Å². The van der Waals surface area contributed by atoms with Crippen molar-refractivity contribution in [3.8, 4) is 0 Å². The fraction of sp³-hybridized carbons (Fsp3) is 0.750. The zero-order valence-corrected chi connectivity index (χ0v) is 15.5. The molecule has 0 radical (unpaired) electrons. The Bertz CT molecular complexity index is 696. The van der Waals surface area contributed by atoms with Crippen LogP contribution in [0.3, 0.4) is 0 Å². The molecule has 0 aliphatic carbocycles. The van der Waals surface area contributed by atoms with Crippen LogP contribution in [-0.2, 0) is 21.4 Å². The first-order valence-corrected chi connectivity index (χ1v) is 10.5. The van der Waals surface area contributed by atoms with E-state index in [0.717, 1.165) is 32.2 Å². The molecule has 1 amide bonds. The SMILES string of the molecule is CCn1cc(S(=O)(=O)N2CCCC(CNC(=O)C3CCCN3)C2)cn1. The molecule has 2 aliphatic rings. The largest absolute Gasteiger partial charge is 0.354 e. The molecular formula is C16H27N5O3S. The van der Waals surface area contributed by atoms with E-state index in [1.54, 1.807) is 10.9 Å². The molecule has 2 saturated heterocycles. The number of aryl methyl sites for hydroxylation is 1. The van der Waals surface area contributed by atoms with E-state index in [0.29, 0.717) is 26.2 Å². The second kappa shape index (κ2) is 7.84. The second-order valence-electron chi connectivity index (χ2n) is 6.80. The summed E-state index contributed by atoms with van der Waals surface area (Å²) in [6.45, 7) is 4.93. The molecule has 2 N–H and O–H groups in total. The van der Waals surface area contributed by atoms with Crippen molar-refractivity contribution in [2.75, 3.05) is 26.2 Å². The Morgan fingerprint density at radius 1 is 1.40 bits per heavy atom. The fourth-order valence-electron chi connectivity index (χ4n) is 3.49. The van der Waals surface area contributed by atoms with Gasteiger partial charge in [-0.1, -0.05) is 0 Å². The number of carbonyl (C=O) groups excluding carboxylic acids is 1. The van der Waals surface area contributed by atoms with Crippen molar-refractivity contribution < 1.29 is 13.2 Å². The molecule has 140 valence electrons. The van der Waals surface area contributed by atoms with E-state index in [2.05, 4.69) is 15.7 Å². The minimum atomic E-state index is -3.51. The summed E-state index contributed by atoms with van der Waals surface area (Å²) in [7, 11) is -3.51. The Hall–Kier alpha value is -1.45. The van der Waals surface area contributed by atoms with Gasteiger partial charge in [0.05, 0.1) is 12.2 Å². The van der Waals surface area contributed by atoms with Crippen molar-refractivity contribution in [1.82, 2.24) is 24.7 Å². The van der Waals surface area contributed by atoms with Crippen molar-refractivity contribution in [3.05, 3.63) is 12.4 Å². The van der Waals surface area contributed by atoms with E-state index in [1.165, 1.54) is 10.5 Å². The molecule has 8 nitrogen and oxygen atoms in total. The predicted octanol–water partition coefficient (Wildman–Crippen LogP) is 0.172. The topological polar surface area (TPSA) is 96.3 Å². The van der Waals surface area contributed by atoms with Gasteiger partial charge in [0.15, 0.2) is 0 Å². The van der Waals surface area contributed by atoms with Crippen LogP contribution in [0.15, 0.2) is 17.3 Å². The molecule has 0 aromatic carbocycles. The Balaban J connectivity index is 1.57. The number of nitrogens with zero attached hydrogens (tertiary/aromatic N) is 3. The van der Waals surface area contributed by atoms with E-state index in [-0.39, 0.29) is 22.8 Å². The lowest BCUT2D eigenvalue weighted by Gasteiger charge is -2.31. The molecule has 0 bridgehead atoms. The summed E-state index contributed by atoms with van der Waals surface area (Å²) >= 11 is 0. The van der Waals surface area contributed by atoms with Crippen LogP contribution >= 0.6 is 0 Å². The summed E-state index contributed by atoms with van der Waals surface area (Å²) in [5, 5.41) is 10.2. The van der Waals surface area contributed by atoms with Gasteiger partial charge in [-0.05, 0) is 45.1 Å². The van der Waals surface area contributed by atoms with E-state index >= 15 is 0 Å². The van der Waals surface area contributed by atoms with Crippen molar-refractivity contribution >= 4 is 15.9 Å². The van der Waals surface area contributed by atoms with Gasteiger partial charge in [0.1, 0.15) is 4.90 Å². The molecule has 25 heavy (non-hydrogen) atoms. The number of piperidine rings is 1. The smallest absolute Gasteiger partial charge is 0.246 e. The number of hydrogen-bond acceptors (Lipinski definition) is 5. The van der Waals surface area contributed by atoms with Gasteiger partial charge in [-0.15, -0.1) is 0 Å². The first-order chi connectivity index (χ1) is 12.0. The van der Waals surface area contributed by atoms with Crippen molar-refractivity contribution in [3.63, 3.8) is 0 Å². The number of aromatic nitrogens is 2. The third kappa shape index (κ3) is 4.21. The van der Waals surface area contributed by atoms with Gasteiger partial charge >= 0.3 is 0 Å². The number of hydrogen-bond donors (Lipinski definition) is 2. The third-order valence-corrected chi connectivity index (χ3v) is 6.81. The van der Waals surface area contributed by atoms with Crippen LogP contribution in [0, 0.1) is 5.92 Å². The number of rotatable bonds is 6. The average molecular weight is 369 g/mol. The normalized spacial score (nSPS) is 25.2. The summed E-state index contributed by atoms with van der Waals surface area (Å²) in [5.74, 6) is 0.178. The van der Waals surface area contributed by atoms with Gasteiger partial charge < -0.3 is 10.6 Å². The van der Waals surface area contributed by atoms with Crippen molar-refractivity contribution in [2.24, 2.45) is 5.92 Å². The van der Waals surface area contributed by atoms with Crippen LogP contribution in [0.5, 0.6) is 0 Å². The molecule has 2 aliphatic heterocycles. The van der Waals surface area contributed by atoms with E-state index in [1.807, 2.05) is 6.92 Å². The van der Waals surface area contributed by atoms with Crippen LogP contribution < -0.4 is 10.6 Å². The van der Waals surface area contributed by atoms with Crippen molar-refractivity contribution in [2.45, 2.75) is 50.1 Å². The lowest BCUT2D eigenvalue weighted by Crippen LogP contribution is -2.46. The molecule has 2 atom stereocenters. The van der Waals surface area contributed by atoms with E-state index in [9.17, 15) is 13.2 Å². The number of nitrogens with one attached hydrogen (secondary N) is 2. The zero-order valence-electron chi connectivity index (χ0n) is 14.6. The second-order valence-corrected chi connectivity index (χ2v) is 8.74. The van der Waals surface area contributed by atoms with Gasteiger partial charge in [-0.3, -0.25) is 9.48 Å². The summed E-state index contributed by atoms with van der Waals surface area (Å²) in [5.41, 5.74) is 0. The van der Waals surface area contributed by atoms with Crippen LogP contribution in [0.1, 0.15) is 32.6 Å². The van der Waals surface area contributed by atoms with Crippen LogP contribution in [-0.4, -0.2) is 60.6 Å². The maximum atomic E-state index is 12.8. The molecule has 1 aromatic rings. The Kier molecular flexibility index (Phi) is 5.75. The molecule has 9 heteroatoms. The number of amides is 1. The lowest BCUT2D eigenvalue weighted by molar-refractivity contribution is -0.123. The van der Waals surface area contributed by atoms with Gasteiger partial charge in [0.2, 0.25) is 15.9 Å². The molecule has 3 heterocycles. The van der Waals surface area contributed by atoms with Gasteiger partial charge in [-0.25, -0.2) is 8.42 Å². The lowest BCUT2D eigenvalue weighted by atomic mass is 9.99. The van der Waals surface area contributed by atoms with E-state index in [4.69, 9.17) is 0 Å². The molecule has 1 aromatic heterocycles. The molecule has 2 fully saturated rings. The summed E-state index contributed by atoms with van der Waals surface area (Å²) in [6, 6.07) is -0.0942. The zero-order chi connectivity index (χ0) is 17.9. The number of sulfonamides is 1. The number of carbonyl (C=O) groups is 1. The van der Waals surface area contributed by atoms with Gasteiger partial charge in [0.25, 0.3) is 0 Å². The molecule has 0 spiro atoms. The van der Waals surface area contributed by atoms with Gasteiger partial charge in [0, 0.05) is 32.4 Å². The molecule has 0 saturated carbocycles. The summed E-state index contributed by atoms with van der Waals surface area (Å²) in [4.78, 5) is 12.4. The predicted molar refractivity (Wildman–Crippen MR) is 93.4 cm³/mol. The highest BCUT2D eigenvalue weighted by Gasteiger charge is 2.31. The maximum absolute atomic E-state index is 12.8. The van der Waals surface area contributed by atoms with Gasteiger partial charge in [-0.2, -0.15) is 9.40 Å². The van der Waals surface area contributed by atoms with Crippen molar-refractivity contribution in [1.29, 1.82) is 0 Å². The highest BCUT2D eigenvalue weighted by Crippen LogP contribution is 2.23. The van der Waals surface area contributed by atoms with Crippen LogP contribution in [0.2, 0.25) is 0 Å².